The Kier molecular flexibility index (Phi) is 4.89. The molecule has 0 aliphatic carbocycles. The number of ether oxygens (including phenoxy) is 1. The first kappa shape index (κ1) is 13.8. The van der Waals surface area contributed by atoms with Gasteiger partial charge in [0.2, 0.25) is 0 Å². The molecule has 0 aromatic heterocycles. The molecule has 4 heteroatoms. The molecule has 0 saturated carbocycles. The van der Waals surface area contributed by atoms with Crippen molar-refractivity contribution in [3.05, 3.63) is 71.8 Å². The van der Waals surface area contributed by atoms with Crippen molar-refractivity contribution in [3.8, 4) is 0 Å². The first-order valence-electron chi connectivity index (χ1n) is 6.27. The van der Waals surface area contributed by atoms with Crippen LogP contribution in [0.3, 0.4) is 0 Å². The maximum atomic E-state index is 11.7. The monoisotopic (exact) mass is 269 g/mol. The van der Waals surface area contributed by atoms with Gasteiger partial charge in [0.1, 0.15) is 18.9 Å². The van der Waals surface area contributed by atoms with Gasteiger partial charge >= 0.3 is 6.09 Å². The van der Waals surface area contributed by atoms with Gasteiger partial charge in [-0.15, -0.1) is 0 Å². The van der Waals surface area contributed by atoms with Crippen LogP contribution in [0.1, 0.15) is 17.2 Å². The minimum Gasteiger partial charge on any atom is -0.445 e. The van der Waals surface area contributed by atoms with Crippen LogP contribution in [0, 0.1) is 0 Å². The average molecular weight is 269 g/mol. The summed E-state index contributed by atoms with van der Waals surface area (Å²) in [6.07, 6.45) is 0.0638. The summed E-state index contributed by atoms with van der Waals surface area (Å²) in [5, 5.41) is 2.52. The van der Waals surface area contributed by atoms with Crippen LogP contribution in [0.15, 0.2) is 60.7 Å². The van der Waals surface area contributed by atoms with E-state index in [2.05, 4.69) is 5.32 Å². The number of carbonyl (C=O) groups is 2. The molecular formula is C16H15NO3. The Hall–Kier alpha value is -2.62. The highest BCUT2D eigenvalue weighted by Crippen LogP contribution is 2.10. The molecule has 1 atom stereocenters. The molecule has 0 heterocycles. The zero-order chi connectivity index (χ0) is 14.2. The van der Waals surface area contributed by atoms with Crippen molar-refractivity contribution < 1.29 is 14.3 Å². The highest BCUT2D eigenvalue weighted by Gasteiger charge is 2.13. The Morgan fingerprint density at radius 3 is 2.25 bits per heavy atom. The van der Waals surface area contributed by atoms with Crippen LogP contribution in [0.4, 0.5) is 4.79 Å². The van der Waals surface area contributed by atoms with E-state index in [0.29, 0.717) is 6.29 Å². The van der Waals surface area contributed by atoms with Crippen molar-refractivity contribution in [1.29, 1.82) is 0 Å². The second kappa shape index (κ2) is 7.09. The summed E-state index contributed by atoms with van der Waals surface area (Å²) >= 11 is 0. The minimum absolute atomic E-state index is 0.174. The molecule has 1 N–H and O–H groups in total. The fraction of sp³-hybridized carbons (Fsp3) is 0.125. The van der Waals surface area contributed by atoms with E-state index in [1.807, 2.05) is 48.5 Å². The second-order valence-electron chi connectivity index (χ2n) is 4.23. The third-order valence-electron chi connectivity index (χ3n) is 2.78. The van der Waals surface area contributed by atoms with Crippen molar-refractivity contribution >= 4 is 12.4 Å². The normalized spacial score (nSPS) is 11.4. The molecule has 0 saturated heterocycles. The highest BCUT2D eigenvalue weighted by atomic mass is 16.5. The van der Waals surface area contributed by atoms with Crippen LogP contribution in [0.5, 0.6) is 0 Å². The topological polar surface area (TPSA) is 55.4 Å². The van der Waals surface area contributed by atoms with Crippen LogP contribution < -0.4 is 5.32 Å². The van der Waals surface area contributed by atoms with Crippen LogP contribution >= 0.6 is 0 Å². The van der Waals surface area contributed by atoms with Gasteiger partial charge in [0.25, 0.3) is 0 Å². The summed E-state index contributed by atoms with van der Waals surface area (Å²) in [6, 6.07) is 17.7. The van der Waals surface area contributed by atoms with Crippen molar-refractivity contribution in [2.75, 3.05) is 0 Å². The molecule has 102 valence electrons. The lowest BCUT2D eigenvalue weighted by molar-refractivity contribution is -0.109. The summed E-state index contributed by atoms with van der Waals surface area (Å²) in [6.45, 7) is 0.174. The quantitative estimate of drug-likeness (QED) is 0.849. The van der Waals surface area contributed by atoms with E-state index in [4.69, 9.17) is 4.74 Å². The minimum atomic E-state index is -0.695. The van der Waals surface area contributed by atoms with Gasteiger partial charge < -0.3 is 14.8 Å². The zero-order valence-corrected chi connectivity index (χ0v) is 10.9. The van der Waals surface area contributed by atoms with E-state index in [1.54, 1.807) is 12.1 Å². The van der Waals surface area contributed by atoms with Crippen molar-refractivity contribution in [1.82, 2.24) is 5.32 Å². The molecule has 0 bridgehead atoms. The first-order chi connectivity index (χ1) is 9.79. The van der Waals surface area contributed by atoms with Gasteiger partial charge in [0.15, 0.2) is 0 Å². The molecule has 0 unspecified atom stereocenters. The smallest absolute Gasteiger partial charge is 0.408 e. The first-order valence-corrected chi connectivity index (χ1v) is 6.27. The van der Waals surface area contributed by atoms with E-state index < -0.39 is 12.1 Å². The molecule has 2 aromatic carbocycles. The predicted molar refractivity (Wildman–Crippen MR) is 75.0 cm³/mol. The summed E-state index contributed by atoms with van der Waals surface area (Å²) < 4.78 is 5.07. The fourth-order valence-corrected chi connectivity index (χ4v) is 1.75. The van der Waals surface area contributed by atoms with Gasteiger partial charge in [0.05, 0.1) is 0 Å². The molecule has 0 radical (unpaired) electrons. The summed E-state index contributed by atoms with van der Waals surface area (Å²) in [4.78, 5) is 22.7. The fourth-order valence-electron chi connectivity index (χ4n) is 1.75. The Labute approximate surface area is 117 Å². The lowest BCUT2D eigenvalue weighted by atomic mass is 10.1. The molecule has 2 rings (SSSR count). The van der Waals surface area contributed by atoms with Gasteiger partial charge in [0, 0.05) is 0 Å². The Bertz CT molecular complexity index is 554. The molecule has 2 aromatic rings. The van der Waals surface area contributed by atoms with Crippen LogP contribution in [0.2, 0.25) is 0 Å². The predicted octanol–water partition coefficient (Wildman–Crippen LogP) is 2.85. The molecule has 0 aliphatic heterocycles. The van der Waals surface area contributed by atoms with Crippen LogP contribution in [-0.4, -0.2) is 12.4 Å². The van der Waals surface area contributed by atoms with Crippen molar-refractivity contribution in [2.24, 2.45) is 0 Å². The van der Waals surface area contributed by atoms with Crippen molar-refractivity contribution in [2.45, 2.75) is 12.6 Å². The molecule has 0 aliphatic rings. The number of carbonyl (C=O) groups excluding carboxylic acids is 2. The molecule has 1 amide bonds. The third-order valence-corrected chi connectivity index (χ3v) is 2.78. The summed E-state index contributed by atoms with van der Waals surface area (Å²) in [7, 11) is 0. The number of benzene rings is 2. The number of rotatable bonds is 5. The van der Waals surface area contributed by atoms with E-state index in [1.165, 1.54) is 0 Å². The number of alkyl carbamates (subject to hydrolysis) is 1. The molecule has 0 fully saturated rings. The number of nitrogens with one attached hydrogen (secondary N) is 1. The van der Waals surface area contributed by atoms with Gasteiger partial charge in [-0.2, -0.15) is 0 Å². The summed E-state index contributed by atoms with van der Waals surface area (Å²) in [5.74, 6) is 0. The van der Waals surface area contributed by atoms with Gasteiger partial charge in [-0.3, -0.25) is 0 Å². The molecule has 20 heavy (non-hydrogen) atoms. The Morgan fingerprint density at radius 1 is 1.05 bits per heavy atom. The number of hydrogen-bond donors (Lipinski definition) is 1. The largest absolute Gasteiger partial charge is 0.445 e. The molecular weight excluding hydrogens is 254 g/mol. The average Bonchev–Trinajstić information content (AvgIpc) is 2.52. The van der Waals surface area contributed by atoms with Gasteiger partial charge in [-0.05, 0) is 11.1 Å². The highest BCUT2D eigenvalue weighted by molar-refractivity contribution is 5.74. The summed E-state index contributed by atoms with van der Waals surface area (Å²) in [5.41, 5.74) is 1.61. The van der Waals surface area contributed by atoms with E-state index >= 15 is 0 Å². The number of aldehydes is 1. The van der Waals surface area contributed by atoms with E-state index in [-0.39, 0.29) is 6.61 Å². The van der Waals surface area contributed by atoms with Crippen LogP contribution in [-0.2, 0) is 16.1 Å². The Morgan fingerprint density at radius 2 is 1.65 bits per heavy atom. The number of hydrogen-bond acceptors (Lipinski definition) is 3. The molecule has 4 nitrogen and oxygen atoms in total. The second-order valence-corrected chi connectivity index (χ2v) is 4.23. The molecule has 0 spiro atoms. The maximum absolute atomic E-state index is 11.7. The third kappa shape index (κ3) is 3.95. The SMILES string of the molecule is O=C[C@@H](NC(=O)OCc1ccccc1)c1ccccc1. The lowest BCUT2D eigenvalue weighted by Gasteiger charge is -2.13. The van der Waals surface area contributed by atoms with E-state index in [0.717, 1.165) is 11.1 Å². The zero-order valence-electron chi connectivity index (χ0n) is 10.9. The number of amides is 1. The van der Waals surface area contributed by atoms with Gasteiger partial charge in [-0.25, -0.2) is 4.79 Å². The van der Waals surface area contributed by atoms with E-state index in [9.17, 15) is 9.59 Å². The van der Waals surface area contributed by atoms with Crippen molar-refractivity contribution in [3.63, 3.8) is 0 Å². The van der Waals surface area contributed by atoms with Crippen LogP contribution in [0.25, 0.3) is 0 Å². The Balaban J connectivity index is 1.88. The van der Waals surface area contributed by atoms with Gasteiger partial charge in [-0.1, -0.05) is 60.7 Å². The lowest BCUT2D eigenvalue weighted by Crippen LogP contribution is -2.29. The standard InChI is InChI=1S/C16H15NO3/c18-11-15(14-9-5-2-6-10-14)17-16(19)20-12-13-7-3-1-4-8-13/h1-11,15H,12H2,(H,17,19)/t15-/m1/s1. The maximum Gasteiger partial charge on any atom is 0.408 e.